The summed E-state index contributed by atoms with van der Waals surface area (Å²) in [5, 5.41) is 2.38. The predicted octanol–water partition coefficient (Wildman–Crippen LogP) is 5.34. The molecule has 21 heavy (non-hydrogen) atoms. The Kier molecular flexibility index (Phi) is 3.89. The molecular weight excluding hydrogens is 324 g/mol. The van der Waals surface area contributed by atoms with Crippen LogP contribution in [0.15, 0.2) is 65.1 Å². The van der Waals surface area contributed by atoms with Crippen LogP contribution in [0.5, 0.6) is 0 Å². The van der Waals surface area contributed by atoms with Crippen LogP contribution in [0.1, 0.15) is 21.5 Å². The summed E-state index contributed by atoms with van der Waals surface area (Å²) in [6.45, 7) is 2.00. The number of rotatable bonds is 3. The summed E-state index contributed by atoms with van der Waals surface area (Å²) in [4.78, 5) is 12.4. The van der Waals surface area contributed by atoms with E-state index in [-0.39, 0.29) is 5.78 Å². The fourth-order valence-electron chi connectivity index (χ4n) is 2.53. The lowest BCUT2D eigenvalue weighted by molar-refractivity contribution is 0.0993. The van der Waals surface area contributed by atoms with Crippen molar-refractivity contribution in [2.24, 2.45) is 0 Å². The molecule has 0 bridgehead atoms. The highest BCUT2D eigenvalue weighted by atomic mass is 79.9. The number of benzene rings is 3. The first-order chi connectivity index (χ1) is 10.1. The molecule has 0 saturated carbocycles. The standard InChI is InChI=1S/C19H15BrO/c1-13-8-17(12-18(20)9-13)19(21)11-14-6-7-15-4-2-3-5-16(15)10-14/h2-10,12H,11H2,1H3. The lowest BCUT2D eigenvalue weighted by atomic mass is 9.99. The second-order valence-electron chi connectivity index (χ2n) is 5.30. The molecule has 0 N–H and O–H groups in total. The van der Waals surface area contributed by atoms with Crippen molar-refractivity contribution in [3.8, 4) is 0 Å². The van der Waals surface area contributed by atoms with Crippen molar-refractivity contribution in [1.82, 2.24) is 0 Å². The first-order valence-electron chi connectivity index (χ1n) is 6.90. The molecule has 0 atom stereocenters. The number of halogens is 1. The molecule has 3 rings (SSSR count). The molecule has 0 spiro atoms. The monoisotopic (exact) mass is 338 g/mol. The van der Waals surface area contributed by atoms with Crippen LogP contribution in [0.2, 0.25) is 0 Å². The topological polar surface area (TPSA) is 17.1 Å². The van der Waals surface area contributed by atoms with E-state index < -0.39 is 0 Å². The van der Waals surface area contributed by atoms with Gasteiger partial charge in [-0.2, -0.15) is 0 Å². The third-order valence-electron chi connectivity index (χ3n) is 3.54. The molecule has 0 aliphatic rings. The Balaban J connectivity index is 1.88. The Labute approximate surface area is 132 Å². The molecule has 0 saturated heterocycles. The average Bonchev–Trinajstić information content (AvgIpc) is 2.46. The number of carbonyl (C=O) groups excluding carboxylic acids is 1. The third-order valence-corrected chi connectivity index (χ3v) is 4.00. The van der Waals surface area contributed by atoms with Gasteiger partial charge in [0, 0.05) is 16.5 Å². The maximum atomic E-state index is 12.4. The quantitative estimate of drug-likeness (QED) is 0.589. The van der Waals surface area contributed by atoms with Crippen LogP contribution in [-0.4, -0.2) is 5.78 Å². The van der Waals surface area contributed by atoms with Gasteiger partial charge < -0.3 is 0 Å². The molecule has 0 fully saturated rings. The van der Waals surface area contributed by atoms with Crippen LogP contribution in [0, 0.1) is 6.92 Å². The largest absolute Gasteiger partial charge is 0.294 e. The summed E-state index contributed by atoms with van der Waals surface area (Å²) in [7, 11) is 0. The molecule has 104 valence electrons. The first kappa shape index (κ1) is 14.0. The molecule has 2 heteroatoms. The van der Waals surface area contributed by atoms with Gasteiger partial charge in [-0.15, -0.1) is 0 Å². The van der Waals surface area contributed by atoms with Gasteiger partial charge in [0.1, 0.15) is 0 Å². The van der Waals surface area contributed by atoms with E-state index in [1.807, 2.05) is 43.3 Å². The minimum Gasteiger partial charge on any atom is -0.294 e. The fraction of sp³-hybridized carbons (Fsp3) is 0.105. The van der Waals surface area contributed by atoms with Gasteiger partial charge in [0.2, 0.25) is 0 Å². The SMILES string of the molecule is Cc1cc(Br)cc(C(=O)Cc2ccc3ccccc3c2)c1. The molecule has 0 aliphatic carbocycles. The molecule has 0 radical (unpaired) electrons. The smallest absolute Gasteiger partial charge is 0.167 e. The minimum atomic E-state index is 0.148. The van der Waals surface area contributed by atoms with Crippen LogP contribution in [0.4, 0.5) is 0 Å². The van der Waals surface area contributed by atoms with Crippen molar-refractivity contribution in [1.29, 1.82) is 0 Å². The summed E-state index contributed by atoms with van der Waals surface area (Å²) in [5.41, 5.74) is 2.90. The van der Waals surface area contributed by atoms with Crippen LogP contribution in [0.3, 0.4) is 0 Å². The van der Waals surface area contributed by atoms with E-state index >= 15 is 0 Å². The number of hydrogen-bond donors (Lipinski definition) is 0. The molecule has 3 aromatic rings. The van der Waals surface area contributed by atoms with E-state index in [2.05, 4.69) is 40.2 Å². The zero-order valence-corrected chi connectivity index (χ0v) is 13.4. The van der Waals surface area contributed by atoms with Crippen LogP contribution >= 0.6 is 15.9 Å². The predicted molar refractivity (Wildman–Crippen MR) is 90.9 cm³/mol. The van der Waals surface area contributed by atoms with Gasteiger partial charge >= 0.3 is 0 Å². The van der Waals surface area contributed by atoms with E-state index in [4.69, 9.17) is 0 Å². The summed E-state index contributed by atoms with van der Waals surface area (Å²) in [5.74, 6) is 0.148. The molecule has 0 heterocycles. The lowest BCUT2D eigenvalue weighted by Gasteiger charge is -2.05. The summed E-state index contributed by atoms with van der Waals surface area (Å²) < 4.78 is 0.948. The molecule has 0 unspecified atom stereocenters. The van der Waals surface area contributed by atoms with E-state index in [0.29, 0.717) is 6.42 Å². The number of carbonyl (C=O) groups is 1. The maximum Gasteiger partial charge on any atom is 0.167 e. The Morgan fingerprint density at radius 3 is 2.48 bits per heavy atom. The second kappa shape index (κ2) is 5.82. The Hall–Kier alpha value is -1.93. The summed E-state index contributed by atoms with van der Waals surface area (Å²) in [6.07, 6.45) is 0.431. The van der Waals surface area contributed by atoms with Gasteiger partial charge in [-0.3, -0.25) is 4.79 Å². The zero-order valence-electron chi connectivity index (χ0n) is 11.8. The minimum absolute atomic E-state index is 0.148. The second-order valence-corrected chi connectivity index (χ2v) is 6.21. The van der Waals surface area contributed by atoms with Crippen molar-refractivity contribution >= 4 is 32.5 Å². The first-order valence-corrected chi connectivity index (χ1v) is 7.69. The molecular formula is C19H15BrO. The van der Waals surface area contributed by atoms with Crippen LogP contribution in [-0.2, 0) is 6.42 Å². The molecule has 0 aromatic heterocycles. The van der Waals surface area contributed by atoms with Gasteiger partial charge in [0.25, 0.3) is 0 Å². The summed E-state index contributed by atoms with van der Waals surface area (Å²) >= 11 is 3.45. The normalized spacial score (nSPS) is 10.8. The van der Waals surface area contributed by atoms with Gasteiger partial charge in [0.05, 0.1) is 0 Å². The highest BCUT2D eigenvalue weighted by Crippen LogP contribution is 2.19. The zero-order chi connectivity index (χ0) is 14.8. The highest BCUT2D eigenvalue weighted by molar-refractivity contribution is 9.10. The Morgan fingerprint density at radius 1 is 0.952 bits per heavy atom. The molecule has 0 aliphatic heterocycles. The molecule has 3 aromatic carbocycles. The maximum absolute atomic E-state index is 12.4. The van der Waals surface area contributed by atoms with Crippen molar-refractivity contribution in [2.45, 2.75) is 13.3 Å². The molecule has 1 nitrogen and oxygen atoms in total. The van der Waals surface area contributed by atoms with Crippen molar-refractivity contribution < 1.29 is 4.79 Å². The van der Waals surface area contributed by atoms with Gasteiger partial charge in [-0.25, -0.2) is 0 Å². The number of Topliss-reactive ketones (excluding diaryl/α,β-unsaturated/α-hetero) is 1. The third kappa shape index (κ3) is 3.22. The van der Waals surface area contributed by atoms with Crippen molar-refractivity contribution in [3.05, 3.63) is 81.8 Å². The average molecular weight is 339 g/mol. The van der Waals surface area contributed by atoms with Gasteiger partial charge in [0.15, 0.2) is 5.78 Å². The van der Waals surface area contributed by atoms with E-state index in [1.54, 1.807) is 0 Å². The number of ketones is 1. The van der Waals surface area contributed by atoms with Crippen LogP contribution in [0.25, 0.3) is 10.8 Å². The number of fused-ring (bicyclic) bond motifs is 1. The van der Waals surface area contributed by atoms with E-state index in [9.17, 15) is 4.79 Å². The summed E-state index contributed by atoms with van der Waals surface area (Å²) in [6, 6.07) is 20.2. The fourth-order valence-corrected chi connectivity index (χ4v) is 3.14. The number of aryl methyl sites for hydroxylation is 1. The van der Waals surface area contributed by atoms with E-state index in [0.717, 1.165) is 21.2 Å². The van der Waals surface area contributed by atoms with Crippen molar-refractivity contribution in [2.75, 3.05) is 0 Å². The Bertz CT molecular complexity index is 800. The van der Waals surface area contributed by atoms with Crippen molar-refractivity contribution in [3.63, 3.8) is 0 Å². The van der Waals surface area contributed by atoms with Crippen LogP contribution < -0.4 is 0 Å². The van der Waals surface area contributed by atoms with E-state index in [1.165, 1.54) is 10.8 Å². The van der Waals surface area contributed by atoms with Gasteiger partial charge in [-0.1, -0.05) is 58.4 Å². The number of hydrogen-bond acceptors (Lipinski definition) is 1. The van der Waals surface area contributed by atoms with Gasteiger partial charge in [-0.05, 0) is 47.0 Å². The Morgan fingerprint density at radius 2 is 1.71 bits per heavy atom. The lowest BCUT2D eigenvalue weighted by Crippen LogP contribution is -2.04. The highest BCUT2D eigenvalue weighted by Gasteiger charge is 2.09. The molecule has 0 amide bonds.